The van der Waals surface area contributed by atoms with Crippen LogP contribution in [0, 0.1) is 12.7 Å². The first kappa shape index (κ1) is 11.4. The van der Waals surface area contributed by atoms with Gasteiger partial charge in [0.2, 0.25) is 0 Å². The van der Waals surface area contributed by atoms with E-state index < -0.39 is 0 Å². The molecule has 0 unspecified atom stereocenters. The Morgan fingerprint density at radius 1 is 1.53 bits per heavy atom. The summed E-state index contributed by atoms with van der Waals surface area (Å²) < 4.78 is 17.4. The van der Waals surface area contributed by atoms with Gasteiger partial charge in [-0.2, -0.15) is 0 Å². The molecule has 1 aromatic rings. The minimum Gasteiger partial charge on any atom is -0.469 e. The van der Waals surface area contributed by atoms with Crippen molar-refractivity contribution in [2.24, 2.45) is 0 Å². The molecule has 0 heterocycles. The number of hydrogen-bond acceptors (Lipinski definition) is 2. The Morgan fingerprint density at radius 3 is 2.87 bits per heavy atom. The Morgan fingerprint density at radius 2 is 2.27 bits per heavy atom. The monoisotopic (exact) mass is 208 g/mol. The van der Waals surface area contributed by atoms with E-state index >= 15 is 0 Å². The number of aryl methyl sites for hydroxylation is 1. The molecular formula is C12H13FO2. The number of hydrogen-bond donors (Lipinski definition) is 0. The average molecular weight is 208 g/mol. The van der Waals surface area contributed by atoms with E-state index in [1.54, 1.807) is 31.2 Å². The van der Waals surface area contributed by atoms with Crippen LogP contribution in [0.2, 0.25) is 0 Å². The molecule has 0 aromatic heterocycles. The van der Waals surface area contributed by atoms with Crippen LogP contribution in [-0.4, -0.2) is 13.1 Å². The van der Waals surface area contributed by atoms with E-state index in [9.17, 15) is 9.18 Å². The van der Waals surface area contributed by atoms with Gasteiger partial charge in [0.05, 0.1) is 13.5 Å². The Kier molecular flexibility index (Phi) is 4.03. The Hall–Kier alpha value is -1.64. The molecule has 0 fully saturated rings. The number of methoxy groups -OCH3 is 1. The van der Waals surface area contributed by atoms with Crippen LogP contribution >= 0.6 is 0 Å². The summed E-state index contributed by atoms with van der Waals surface area (Å²) in [6.07, 6.45) is 3.69. The van der Waals surface area contributed by atoms with Crippen LogP contribution in [0.1, 0.15) is 17.5 Å². The molecule has 0 aliphatic rings. The molecule has 1 rings (SSSR count). The second-order valence-electron chi connectivity index (χ2n) is 3.19. The molecule has 0 aliphatic heterocycles. The molecule has 1 aromatic carbocycles. The van der Waals surface area contributed by atoms with Crippen molar-refractivity contribution >= 4 is 12.0 Å². The van der Waals surface area contributed by atoms with Crippen molar-refractivity contribution in [1.82, 2.24) is 0 Å². The number of carbonyl (C=O) groups is 1. The molecule has 0 radical (unpaired) electrons. The summed E-state index contributed by atoms with van der Waals surface area (Å²) in [4.78, 5) is 10.8. The Balaban J connectivity index is 2.65. The predicted molar refractivity (Wildman–Crippen MR) is 56.8 cm³/mol. The second kappa shape index (κ2) is 5.29. The van der Waals surface area contributed by atoms with E-state index in [0.717, 1.165) is 5.56 Å². The fraction of sp³-hybridized carbons (Fsp3) is 0.250. The smallest absolute Gasteiger partial charge is 0.309 e. The third-order valence-electron chi connectivity index (χ3n) is 2.00. The molecule has 0 aliphatic carbocycles. The fourth-order valence-corrected chi connectivity index (χ4v) is 1.15. The van der Waals surface area contributed by atoms with Crippen molar-refractivity contribution in [2.75, 3.05) is 7.11 Å². The predicted octanol–water partition coefficient (Wildman–Crippen LogP) is 2.71. The zero-order valence-corrected chi connectivity index (χ0v) is 8.79. The van der Waals surface area contributed by atoms with Gasteiger partial charge >= 0.3 is 5.97 Å². The summed E-state index contributed by atoms with van der Waals surface area (Å²) in [5.74, 6) is -0.509. The molecule has 0 spiro atoms. The highest BCUT2D eigenvalue weighted by atomic mass is 19.1. The minimum absolute atomic E-state index is 0.222. The summed E-state index contributed by atoms with van der Waals surface area (Å²) in [6, 6.07) is 4.80. The maximum atomic E-state index is 12.9. The van der Waals surface area contributed by atoms with Gasteiger partial charge in [-0.1, -0.05) is 18.2 Å². The quantitative estimate of drug-likeness (QED) is 0.714. The number of halogens is 1. The van der Waals surface area contributed by atoms with Crippen LogP contribution in [0.25, 0.3) is 6.08 Å². The number of rotatable bonds is 3. The average Bonchev–Trinajstić information content (AvgIpc) is 2.23. The van der Waals surface area contributed by atoms with Gasteiger partial charge in [-0.05, 0) is 30.2 Å². The van der Waals surface area contributed by atoms with Crippen LogP contribution in [0.3, 0.4) is 0 Å². The first-order chi connectivity index (χ1) is 7.13. The van der Waals surface area contributed by atoms with Crippen LogP contribution in [-0.2, 0) is 9.53 Å². The molecular weight excluding hydrogens is 195 g/mol. The molecule has 3 heteroatoms. The first-order valence-corrected chi connectivity index (χ1v) is 4.63. The summed E-state index contributed by atoms with van der Waals surface area (Å²) >= 11 is 0. The standard InChI is InChI=1S/C12H13FO2/c1-9-8-10(6-7-11(9)13)4-3-5-12(14)15-2/h3-4,6-8H,5H2,1-2H3. The lowest BCUT2D eigenvalue weighted by Gasteiger charge is -1.98. The zero-order valence-electron chi connectivity index (χ0n) is 8.79. The highest BCUT2D eigenvalue weighted by Crippen LogP contribution is 2.10. The van der Waals surface area contributed by atoms with E-state index in [1.165, 1.54) is 13.2 Å². The molecule has 15 heavy (non-hydrogen) atoms. The highest BCUT2D eigenvalue weighted by molar-refractivity contribution is 5.72. The van der Waals surface area contributed by atoms with E-state index in [-0.39, 0.29) is 18.2 Å². The number of benzene rings is 1. The number of carbonyl (C=O) groups excluding carboxylic acids is 1. The maximum absolute atomic E-state index is 12.9. The third-order valence-corrected chi connectivity index (χ3v) is 2.00. The van der Waals surface area contributed by atoms with Crippen molar-refractivity contribution in [2.45, 2.75) is 13.3 Å². The van der Waals surface area contributed by atoms with Crippen molar-refractivity contribution < 1.29 is 13.9 Å². The largest absolute Gasteiger partial charge is 0.469 e. The lowest BCUT2D eigenvalue weighted by Crippen LogP contribution is -1.96. The lowest BCUT2D eigenvalue weighted by molar-refractivity contribution is -0.139. The number of esters is 1. The van der Waals surface area contributed by atoms with Gasteiger partial charge in [0, 0.05) is 0 Å². The molecule has 0 bridgehead atoms. The van der Waals surface area contributed by atoms with E-state index in [4.69, 9.17) is 0 Å². The van der Waals surface area contributed by atoms with Crippen LogP contribution in [0.15, 0.2) is 24.3 Å². The van der Waals surface area contributed by atoms with Crippen molar-refractivity contribution in [1.29, 1.82) is 0 Å². The SMILES string of the molecule is COC(=O)CC=Cc1ccc(F)c(C)c1. The Bertz CT molecular complexity index is 383. The third kappa shape index (κ3) is 3.54. The van der Waals surface area contributed by atoms with E-state index in [1.807, 2.05) is 0 Å². The van der Waals surface area contributed by atoms with Gasteiger partial charge in [-0.15, -0.1) is 0 Å². The molecule has 0 saturated heterocycles. The van der Waals surface area contributed by atoms with Crippen molar-refractivity contribution in [3.63, 3.8) is 0 Å². The molecule has 80 valence electrons. The van der Waals surface area contributed by atoms with Crippen LogP contribution in [0.5, 0.6) is 0 Å². The second-order valence-corrected chi connectivity index (χ2v) is 3.19. The maximum Gasteiger partial charge on any atom is 0.309 e. The van der Waals surface area contributed by atoms with Gasteiger partial charge < -0.3 is 4.74 Å². The minimum atomic E-state index is -0.287. The normalized spacial score (nSPS) is 10.6. The van der Waals surface area contributed by atoms with Crippen molar-refractivity contribution in [3.8, 4) is 0 Å². The van der Waals surface area contributed by atoms with Gasteiger partial charge in [0.25, 0.3) is 0 Å². The molecule has 0 amide bonds. The zero-order chi connectivity index (χ0) is 11.3. The molecule has 0 atom stereocenters. The van der Waals surface area contributed by atoms with Gasteiger partial charge in [-0.25, -0.2) is 4.39 Å². The summed E-state index contributed by atoms with van der Waals surface area (Å²) in [6.45, 7) is 1.70. The lowest BCUT2D eigenvalue weighted by atomic mass is 10.1. The fourth-order valence-electron chi connectivity index (χ4n) is 1.15. The Labute approximate surface area is 88.4 Å². The van der Waals surface area contributed by atoms with Gasteiger partial charge in [-0.3, -0.25) is 4.79 Å². The molecule has 0 N–H and O–H groups in total. The topological polar surface area (TPSA) is 26.3 Å². The summed E-state index contributed by atoms with van der Waals surface area (Å²) in [7, 11) is 1.35. The van der Waals surface area contributed by atoms with Crippen LogP contribution in [0.4, 0.5) is 4.39 Å². The highest BCUT2D eigenvalue weighted by Gasteiger charge is 1.97. The van der Waals surface area contributed by atoms with Crippen molar-refractivity contribution in [3.05, 3.63) is 41.2 Å². The first-order valence-electron chi connectivity index (χ1n) is 4.63. The van der Waals surface area contributed by atoms with E-state index in [0.29, 0.717) is 5.56 Å². The van der Waals surface area contributed by atoms with Crippen LogP contribution < -0.4 is 0 Å². The van der Waals surface area contributed by atoms with Gasteiger partial charge in [0.15, 0.2) is 0 Å². The van der Waals surface area contributed by atoms with E-state index in [2.05, 4.69) is 4.74 Å². The molecule has 2 nitrogen and oxygen atoms in total. The summed E-state index contributed by atoms with van der Waals surface area (Å²) in [5.41, 5.74) is 1.47. The number of ether oxygens (including phenoxy) is 1. The summed E-state index contributed by atoms with van der Waals surface area (Å²) in [5, 5.41) is 0. The molecule has 0 saturated carbocycles. The van der Waals surface area contributed by atoms with Gasteiger partial charge in [0.1, 0.15) is 5.82 Å².